The van der Waals surface area contributed by atoms with Gasteiger partial charge in [0, 0.05) is 34.4 Å². The maximum absolute atomic E-state index is 12.5. The Hall–Kier alpha value is -4.17. The molecule has 0 fully saturated rings. The molecule has 2 N–H and O–H groups in total. The van der Waals surface area contributed by atoms with E-state index in [4.69, 9.17) is 20.8 Å². The van der Waals surface area contributed by atoms with Crippen LogP contribution in [0.15, 0.2) is 77.2 Å². The molecule has 0 aliphatic heterocycles. The molecule has 2 amide bonds. The first-order valence-corrected chi connectivity index (χ1v) is 10.3. The molecule has 0 bridgehead atoms. The number of carbonyl (C=O) groups is 2. The van der Waals surface area contributed by atoms with Crippen molar-refractivity contribution >= 4 is 34.8 Å². The lowest BCUT2D eigenvalue weighted by molar-refractivity contribution is -0.114. The van der Waals surface area contributed by atoms with Crippen LogP contribution in [0.4, 0.5) is 11.4 Å². The van der Waals surface area contributed by atoms with Gasteiger partial charge < -0.3 is 19.8 Å². The number of hydrogen-bond acceptors (Lipinski definition) is 6. The molecule has 0 spiro atoms. The summed E-state index contributed by atoms with van der Waals surface area (Å²) < 4.78 is 11.3. The summed E-state index contributed by atoms with van der Waals surface area (Å²) in [7, 11) is 0. The summed E-state index contributed by atoms with van der Waals surface area (Å²) in [5, 5.41) is 14.1. The smallest absolute Gasteiger partial charge is 0.255 e. The number of nitrogens with zero attached hydrogens (tertiary/aromatic N) is 2. The highest BCUT2D eigenvalue weighted by Gasteiger charge is 2.10. The zero-order valence-electron chi connectivity index (χ0n) is 17.5. The molecule has 9 heteroatoms. The Morgan fingerprint density at radius 3 is 2.42 bits per heavy atom. The first-order valence-electron chi connectivity index (χ1n) is 9.96. The van der Waals surface area contributed by atoms with Gasteiger partial charge in [0.05, 0.1) is 0 Å². The van der Waals surface area contributed by atoms with E-state index in [2.05, 4.69) is 20.8 Å². The molecule has 3 aromatic carbocycles. The fourth-order valence-corrected chi connectivity index (χ4v) is 3.07. The molecule has 0 radical (unpaired) electrons. The summed E-state index contributed by atoms with van der Waals surface area (Å²) in [5.74, 6) is 0.788. The third-order valence-electron chi connectivity index (χ3n) is 4.48. The SMILES string of the molecule is CC(=O)Nc1cccc(C(=O)Nc2ccc(OCc3nnc(-c4ccc(Cl)cc4)o3)cc2)c1. The Labute approximate surface area is 194 Å². The first-order chi connectivity index (χ1) is 16.0. The van der Waals surface area contributed by atoms with Crippen molar-refractivity contribution < 1.29 is 18.7 Å². The number of benzene rings is 3. The van der Waals surface area contributed by atoms with Crippen LogP contribution in [-0.2, 0) is 11.4 Å². The molecule has 0 saturated heterocycles. The van der Waals surface area contributed by atoms with E-state index in [1.807, 2.05) is 0 Å². The highest BCUT2D eigenvalue weighted by molar-refractivity contribution is 6.30. The lowest BCUT2D eigenvalue weighted by atomic mass is 10.2. The van der Waals surface area contributed by atoms with Gasteiger partial charge in [-0.3, -0.25) is 9.59 Å². The Morgan fingerprint density at radius 2 is 1.70 bits per heavy atom. The number of amides is 2. The van der Waals surface area contributed by atoms with Gasteiger partial charge in [-0.1, -0.05) is 17.7 Å². The second-order valence-corrected chi connectivity index (χ2v) is 7.47. The molecule has 1 heterocycles. The molecule has 8 nitrogen and oxygen atoms in total. The molecule has 0 atom stereocenters. The van der Waals surface area contributed by atoms with Crippen molar-refractivity contribution in [3.63, 3.8) is 0 Å². The molecule has 0 aliphatic carbocycles. The van der Waals surface area contributed by atoms with Gasteiger partial charge in [0.1, 0.15) is 5.75 Å². The number of rotatable bonds is 7. The van der Waals surface area contributed by atoms with E-state index in [0.717, 1.165) is 5.56 Å². The van der Waals surface area contributed by atoms with Crippen LogP contribution in [0.25, 0.3) is 11.5 Å². The summed E-state index contributed by atoms with van der Waals surface area (Å²) in [6.45, 7) is 1.51. The fourth-order valence-electron chi connectivity index (χ4n) is 2.95. The minimum Gasteiger partial charge on any atom is -0.484 e. The van der Waals surface area contributed by atoms with Crippen molar-refractivity contribution in [1.82, 2.24) is 10.2 Å². The van der Waals surface area contributed by atoms with E-state index in [9.17, 15) is 9.59 Å². The quantitative estimate of drug-likeness (QED) is 0.392. The van der Waals surface area contributed by atoms with Crippen molar-refractivity contribution in [3.05, 3.63) is 89.3 Å². The second kappa shape index (κ2) is 9.97. The number of anilines is 2. The zero-order valence-corrected chi connectivity index (χ0v) is 18.3. The summed E-state index contributed by atoms with van der Waals surface area (Å²) >= 11 is 5.89. The van der Waals surface area contributed by atoms with Gasteiger partial charge >= 0.3 is 0 Å². The van der Waals surface area contributed by atoms with E-state index in [1.165, 1.54) is 6.92 Å². The molecule has 0 unspecified atom stereocenters. The van der Waals surface area contributed by atoms with Gasteiger partial charge in [-0.15, -0.1) is 10.2 Å². The topological polar surface area (TPSA) is 106 Å². The fraction of sp³-hybridized carbons (Fsp3) is 0.0833. The molecule has 33 heavy (non-hydrogen) atoms. The molecule has 0 aliphatic rings. The number of halogens is 1. The monoisotopic (exact) mass is 462 g/mol. The molecule has 1 aromatic heterocycles. The van der Waals surface area contributed by atoms with Gasteiger partial charge in [-0.05, 0) is 66.7 Å². The highest BCUT2D eigenvalue weighted by atomic mass is 35.5. The molecular formula is C24H19ClN4O4. The Kier molecular flexibility index (Phi) is 6.66. The lowest BCUT2D eigenvalue weighted by Crippen LogP contribution is -2.13. The van der Waals surface area contributed by atoms with Crippen LogP contribution in [0.1, 0.15) is 23.2 Å². The van der Waals surface area contributed by atoms with Crippen LogP contribution in [0.3, 0.4) is 0 Å². The van der Waals surface area contributed by atoms with Crippen LogP contribution in [-0.4, -0.2) is 22.0 Å². The predicted octanol–water partition coefficient (Wildman–Crippen LogP) is 5.18. The third-order valence-corrected chi connectivity index (χ3v) is 4.73. The Balaban J connectivity index is 1.33. The summed E-state index contributed by atoms with van der Waals surface area (Å²) in [6, 6.07) is 20.7. The summed E-state index contributed by atoms with van der Waals surface area (Å²) in [5.41, 5.74) is 2.34. The maximum atomic E-state index is 12.5. The summed E-state index contributed by atoms with van der Waals surface area (Å²) in [4.78, 5) is 23.7. The molecule has 166 valence electrons. The Morgan fingerprint density at radius 1 is 0.939 bits per heavy atom. The Bertz CT molecular complexity index is 1270. The van der Waals surface area contributed by atoms with Crippen molar-refractivity contribution in [3.8, 4) is 17.2 Å². The number of carbonyl (C=O) groups excluding carboxylic acids is 2. The minimum absolute atomic E-state index is 0.0994. The number of hydrogen-bond donors (Lipinski definition) is 2. The van der Waals surface area contributed by atoms with Gasteiger partial charge in [0.25, 0.3) is 11.8 Å². The van der Waals surface area contributed by atoms with E-state index in [0.29, 0.717) is 39.5 Å². The number of nitrogens with one attached hydrogen (secondary N) is 2. The van der Waals surface area contributed by atoms with Crippen molar-refractivity contribution in [2.24, 2.45) is 0 Å². The molecule has 0 saturated carbocycles. The van der Waals surface area contributed by atoms with E-state index < -0.39 is 0 Å². The molecular weight excluding hydrogens is 444 g/mol. The van der Waals surface area contributed by atoms with E-state index in [1.54, 1.807) is 72.8 Å². The van der Waals surface area contributed by atoms with Crippen LogP contribution >= 0.6 is 11.6 Å². The summed E-state index contributed by atoms with van der Waals surface area (Å²) in [6.07, 6.45) is 0. The largest absolute Gasteiger partial charge is 0.484 e. The van der Waals surface area contributed by atoms with Crippen molar-refractivity contribution in [2.75, 3.05) is 10.6 Å². The van der Waals surface area contributed by atoms with Crippen LogP contribution in [0.2, 0.25) is 5.02 Å². The predicted molar refractivity (Wildman–Crippen MR) is 124 cm³/mol. The second-order valence-electron chi connectivity index (χ2n) is 7.04. The standard InChI is InChI=1S/C24H19ClN4O4/c1-15(30)26-20-4-2-3-17(13-20)23(31)27-19-9-11-21(12-10-19)32-14-22-28-29-24(33-22)16-5-7-18(25)8-6-16/h2-13H,14H2,1H3,(H,26,30)(H,27,31). The zero-order chi connectivity index (χ0) is 23.2. The van der Waals surface area contributed by atoms with Gasteiger partial charge in [0.15, 0.2) is 6.61 Å². The molecule has 4 rings (SSSR count). The maximum Gasteiger partial charge on any atom is 0.255 e. The average molecular weight is 463 g/mol. The normalized spacial score (nSPS) is 10.5. The van der Waals surface area contributed by atoms with E-state index in [-0.39, 0.29) is 18.4 Å². The average Bonchev–Trinajstić information content (AvgIpc) is 3.28. The van der Waals surface area contributed by atoms with Gasteiger partial charge in [-0.25, -0.2) is 0 Å². The van der Waals surface area contributed by atoms with Crippen LogP contribution in [0, 0.1) is 0 Å². The van der Waals surface area contributed by atoms with Crippen molar-refractivity contribution in [2.45, 2.75) is 13.5 Å². The van der Waals surface area contributed by atoms with Crippen LogP contribution < -0.4 is 15.4 Å². The highest BCUT2D eigenvalue weighted by Crippen LogP contribution is 2.22. The minimum atomic E-state index is -0.295. The third kappa shape index (κ3) is 5.96. The van der Waals surface area contributed by atoms with E-state index >= 15 is 0 Å². The van der Waals surface area contributed by atoms with Gasteiger partial charge in [0.2, 0.25) is 11.8 Å². The van der Waals surface area contributed by atoms with Crippen LogP contribution in [0.5, 0.6) is 5.75 Å². The lowest BCUT2D eigenvalue weighted by Gasteiger charge is -2.08. The number of aromatic nitrogens is 2. The molecule has 4 aromatic rings. The van der Waals surface area contributed by atoms with Gasteiger partial charge in [-0.2, -0.15) is 0 Å². The number of ether oxygens (including phenoxy) is 1. The van der Waals surface area contributed by atoms with Crippen molar-refractivity contribution in [1.29, 1.82) is 0 Å². The first kappa shape index (κ1) is 22.0.